The van der Waals surface area contributed by atoms with E-state index in [0.717, 1.165) is 10.2 Å². The molecule has 7 nitrogen and oxygen atoms in total. The van der Waals surface area contributed by atoms with Crippen LogP contribution in [0.3, 0.4) is 0 Å². The maximum Gasteiger partial charge on any atom is 0.342 e. The summed E-state index contributed by atoms with van der Waals surface area (Å²) in [5.41, 5.74) is 0.696. The molecule has 26 heavy (non-hydrogen) atoms. The van der Waals surface area contributed by atoms with Crippen LogP contribution in [0.2, 0.25) is 0 Å². The molecule has 3 aromatic rings. The van der Waals surface area contributed by atoms with E-state index in [1.165, 1.54) is 23.5 Å². The van der Waals surface area contributed by atoms with Crippen molar-refractivity contribution in [3.8, 4) is 11.5 Å². The van der Waals surface area contributed by atoms with Gasteiger partial charge in [-0.2, -0.15) is 0 Å². The molecule has 0 fully saturated rings. The summed E-state index contributed by atoms with van der Waals surface area (Å²) in [6.45, 7) is -0.496. The van der Waals surface area contributed by atoms with Crippen LogP contribution in [0, 0.1) is 0 Å². The third-order valence-corrected chi connectivity index (χ3v) is 4.78. The van der Waals surface area contributed by atoms with Crippen molar-refractivity contribution in [1.29, 1.82) is 0 Å². The van der Waals surface area contributed by atoms with Gasteiger partial charge in [-0.1, -0.05) is 27.3 Å². The Kier molecular flexibility index (Phi) is 5.38. The number of ether oxygens (including phenoxy) is 2. The molecule has 2 N–H and O–H groups in total. The number of methoxy groups -OCH3 is 1. The van der Waals surface area contributed by atoms with Gasteiger partial charge in [-0.05, 0) is 36.4 Å². The molecule has 0 saturated heterocycles. The van der Waals surface area contributed by atoms with Crippen molar-refractivity contribution in [2.45, 2.75) is 0 Å². The van der Waals surface area contributed by atoms with E-state index in [1.807, 2.05) is 6.07 Å². The Morgan fingerprint density at radius 2 is 2.08 bits per heavy atom. The number of hydrogen-bond acceptors (Lipinski definition) is 7. The molecule has 0 atom stereocenters. The minimum Gasteiger partial charge on any atom is -0.507 e. The molecule has 0 saturated carbocycles. The second kappa shape index (κ2) is 7.71. The average molecular weight is 437 g/mol. The number of nitrogens with one attached hydrogen (secondary N) is 1. The van der Waals surface area contributed by atoms with Crippen LogP contribution in [0.5, 0.6) is 11.5 Å². The number of aromatic hydroxyl groups is 1. The van der Waals surface area contributed by atoms with Gasteiger partial charge in [0.05, 0.1) is 17.3 Å². The predicted molar refractivity (Wildman–Crippen MR) is 101 cm³/mol. The zero-order valence-electron chi connectivity index (χ0n) is 13.5. The fourth-order valence-electron chi connectivity index (χ4n) is 2.12. The Morgan fingerprint density at radius 3 is 2.85 bits per heavy atom. The molecule has 1 aromatic heterocycles. The Bertz CT molecular complexity index is 988. The highest BCUT2D eigenvalue weighted by atomic mass is 79.9. The van der Waals surface area contributed by atoms with Crippen molar-refractivity contribution in [1.82, 2.24) is 4.98 Å². The zero-order chi connectivity index (χ0) is 18.7. The number of amides is 1. The molecule has 0 bridgehead atoms. The van der Waals surface area contributed by atoms with Gasteiger partial charge in [0.25, 0.3) is 5.91 Å². The van der Waals surface area contributed by atoms with Gasteiger partial charge in [-0.25, -0.2) is 9.78 Å². The smallest absolute Gasteiger partial charge is 0.342 e. The van der Waals surface area contributed by atoms with Crippen molar-refractivity contribution in [2.75, 3.05) is 19.0 Å². The lowest BCUT2D eigenvalue weighted by molar-refractivity contribution is -0.119. The minimum absolute atomic E-state index is 0.0285. The summed E-state index contributed by atoms with van der Waals surface area (Å²) in [6.07, 6.45) is 0. The Hall–Kier alpha value is -2.65. The Labute approximate surface area is 160 Å². The van der Waals surface area contributed by atoms with Gasteiger partial charge in [-0.3, -0.25) is 10.1 Å². The van der Waals surface area contributed by atoms with E-state index in [1.54, 1.807) is 25.3 Å². The average Bonchev–Trinajstić information content (AvgIpc) is 3.02. The molecule has 0 radical (unpaired) electrons. The highest BCUT2D eigenvalue weighted by Gasteiger charge is 2.16. The standard InChI is InChI=1S/C17H13BrN2O5S/c1-24-10-3-4-12-14(7-10)26-17(19-12)20-15(22)8-25-16(23)11-6-9(18)2-5-13(11)21/h2-7,21H,8H2,1H3,(H,19,20,22). The molecule has 0 spiro atoms. The highest BCUT2D eigenvalue weighted by molar-refractivity contribution is 9.10. The van der Waals surface area contributed by atoms with Crippen molar-refractivity contribution in [3.05, 3.63) is 46.4 Å². The second-order valence-corrected chi connectivity index (χ2v) is 7.08. The van der Waals surface area contributed by atoms with Crippen LogP contribution in [-0.4, -0.2) is 35.7 Å². The van der Waals surface area contributed by atoms with Gasteiger partial charge in [0.15, 0.2) is 11.7 Å². The molecule has 9 heteroatoms. The summed E-state index contributed by atoms with van der Waals surface area (Å²) in [5, 5.41) is 12.7. The quantitative estimate of drug-likeness (QED) is 0.593. The van der Waals surface area contributed by atoms with E-state index < -0.39 is 18.5 Å². The number of rotatable bonds is 5. The van der Waals surface area contributed by atoms with Gasteiger partial charge in [-0.15, -0.1) is 0 Å². The van der Waals surface area contributed by atoms with E-state index in [0.29, 0.717) is 15.4 Å². The molecule has 1 heterocycles. The molecule has 0 aliphatic rings. The van der Waals surface area contributed by atoms with Crippen LogP contribution < -0.4 is 10.1 Å². The van der Waals surface area contributed by atoms with Crippen molar-refractivity contribution in [3.63, 3.8) is 0 Å². The zero-order valence-corrected chi connectivity index (χ0v) is 15.9. The van der Waals surface area contributed by atoms with E-state index >= 15 is 0 Å². The summed E-state index contributed by atoms with van der Waals surface area (Å²) < 4.78 is 11.5. The number of thiazole rings is 1. The molecule has 0 aliphatic heterocycles. The van der Waals surface area contributed by atoms with Crippen LogP contribution in [0.1, 0.15) is 10.4 Å². The number of fused-ring (bicyclic) bond motifs is 1. The number of anilines is 1. The Morgan fingerprint density at radius 1 is 1.27 bits per heavy atom. The van der Waals surface area contributed by atoms with E-state index in [4.69, 9.17) is 9.47 Å². The highest BCUT2D eigenvalue weighted by Crippen LogP contribution is 2.29. The maximum absolute atomic E-state index is 12.0. The molecular weight excluding hydrogens is 424 g/mol. The van der Waals surface area contributed by atoms with Crippen LogP contribution in [0.4, 0.5) is 5.13 Å². The molecule has 2 aromatic carbocycles. The van der Waals surface area contributed by atoms with Crippen molar-refractivity contribution in [2.24, 2.45) is 0 Å². The SMILES string of the molecule is COc1ccc2nc(NC(=O)COC(=O)c3cc(Br)ccc3O)sc2c1. The largest absolute Gasteiger partial charge is 0.507 e. The monoisotopic (exact) mass is 436 g/mol. The molecule has 134 valence electrons. The lowest BCUT2D eigenvalue weighted by atomic mass is 10.2. The van der Waals surface area contributed by atoms with Crippen molar-refractivity contribution >= 4 is 54.5 Å². The predicted octanol–water partition coefficient (Wildman–Crippen LogP) is 3.57. The van der Waals surface area contributed by atoms with Crippen LogP contribution in [-0.2, 0) is 9.53 Å². The number of esters is 1. The first-order valence-corrected chi connectivity index (χ1v) is 8.97. The Balaban J connectivity index is 1.62. The molecule has 3 rings (SSSR count). The number of halogens is 1. The summed E-state index contributed by atoms with van der Waals surface area (Å²) >= 11 is 4.48. The number of nitrogens with zero attached hydrogens (tertiary/aromatic N) is 1. The molecule has 0 aliphatic carbocycles. The van der Waals surface area contributed by atoms with Crippen LogP contribution in [0.15, 0.2) is 40.9 Å². The summed E-state index contributed by atoms with van der Waals surface area (Å²) in [5.74, 6) is -0.854. The first-order chi connectivity index (χ1) is 12.5. The van der Waals surface area contributed by atoms with Gasteiger partial charge in [0.2, 0.25) is 0 Å². The number of phenolic OH excluding ortho intramolecular Hbond substituents is 1. The number of aromatic nitrogens is 1. The van der Waals surface area contributed by atoms with Gasteiger partial charge in [0, 0.05) is 4.47 Å². The number of carbonyl (C=O) groups is 2. The van der Waals surface area contributed by atoms with E-state index in [-0.39, 0.29) is 11.3 Å². The fraction of sp³-hybridized carbons (Fsp3) is 0.118. The number of hydrogen-bond donors (Lipinski definition) is 2. The van der Waals surface area contributed by atoms with Gasteiger partial charge in [0.1, 0.15) is 17.1 Å². The molecule has 1 amide bonds. The summed E-state index contributed by atoms with van der Waals surface area (Å²) in [6, 6.07) is 9.74. The van der Waals surface area contributed by atoms with E-state index in [2.05, 4.69) is 26.2 Å². The van der Waals surface area contributed by atoms with E-state index in [9.17, 15) is 14.7 Å². The van der Waals surface area contributed by atoms with Crippen LogP contribution >= 0.6 is 27.3 Å². The van der Waals surface area contributed by atoms with Crippen molar-refractivity contribution < 1.29 is 24.2 Å². The number of carbonyl (C=O) groups excluding carboxylic acids is 2. The van der Waals surface area contributed by atoms with Gasteiger partial charge < -0.3 is 14.6 Å². The molecule has 0 unspecified atom stereocenters. The number of benzene rings is 2. The molecular formula is C17H13BrN2O5S. The number of phenols is 1. The first kappa shape index (κ1) is 18.2. The van der Waals surface area contributed by atoms with Gasteiger partial charge >= 0.3 is 5.97 Å². The summed E-state index contributed by atoms with van der Waals surface area (Å²) in [7, 11) is 1.57. The third-order valence-electron chi connectivity index (χ3n) is 3.35. The summed E-state index contributed by atoms with van der Waals surface area (Å²) in [4.78, 5) is 28.2. The first-order valence-electron chi connectivity index (χ1n) is 7.36. The third kappa shape index (κ3) is 4.12. The lowest BCUT2D eigenvalue weighted by Crippen LogP contribution is -2.20. The van der Waals surface area contributed by atoms with Crippen LogP contribution in [0.25, 0.3) is 10.2 Å². The fourth-order valence-corrected chi connectivity index (χ4v) is 3.39. The lowest BCUT2D eigenvalue weighted by Gasteiger charge is -2.06. The normalized spacial score (nSPS) is 10.5. The second-order valence-electron chi connectivity index (χ2n) is 5.14. The topological polar surface area (TPSA) is 97.8 Å². The minimum atomic E-state index is -0.798. The maximum atomic E-state index is 12.0.